The number of rotatable bonds is 2. The molecular weight excluding hydrogens is 148 g/mol. The third-order valence-electron chi connectivity index (χ3n) is 2.25. The zero-order valence-electron chi connectivity index (χ0n) is 7.14. The van der Waals surface area contributed by atoms with Crippen LogP contribution < -0.4 is 0 Å². The number of azo groups is 1. The van der Waals surface area contributed by atoms with Crippen LogP contribution in [-0.4, -0.2) is 13.1 Å². The van der Waals surface area contributed by atoms with E-state index in [1.807, 2.05) is 6.07 Å². The maximum absolute atomic E-state index is 4.12. The van der Waals surface area contributed by atoms with Gasteiger partial charge < -0.3 is 0 Å². The van der Waals surface area contributed by atoms with Crippen molar-refractivity contribution in [2.75, 3.05) is 7.05 Å². The smallest absolute Gasteiger partial charge is 0.0783 e. The summed E-state index contributed by atoms with van der Waals surface area (Å²) in [4.78, 5) is 0. The fourth-order valence-corrected chi connectivity index (χ4v) is 1.52. The van der Waals surface area contributed by atoms with Crippen LogP contribution in [0.4, 0.5) is 0 Å². The minimum Gasteiger partial charge on any atom is -0.197 e. The molecule has 62 valence electrons. The predicted octanol–water partition coefficient (Wildman–Crippen LogP) is 2.62. The first kappa shape index (κ1) is 7.47. The number of benzene rings is 1. The van der Waals surface area contributed by atoms with Gasteiger partial charge in [-0.25, -0.2) is 0 Å². The Labute approximate surface area is 72.3 Å². The molecule has 0 radical (unpaired) electrons. The van der Waals surface area contributed by atoms with Gasteiger partial charge in [0.1, 0.15) is 0 Å². The Bertz CT molecular complexity index is 279. The van der Waals surface area contributed by atoms with E-state index in [1.165, 1.54) is 12.0 Å². The average Bonchev–Trinajstić information content (AvgIpc) is 2.87. The van der Waals surface area contributed by atoms with E-state index >= 15 is 0 Å². The molecule has 1 fully saturated rings. The molecule has 2 rings (SSSR count). The maximum atomic E-state index is 4.12. The van der Waals surface area contributed by atoms with Crippen molar-refractivity contribution in [3.8, 4) is 0 Å². The van der Waals surface area contributed by atoms with Gasteiger partial charge in [0.25, 0.3) is 0 Å². The highest BCUT2D eigenvalue weighted by molar-refractivity contribution is 5.27. The van der Waals surface area contributed by atoms with E-state index in [0.717, 1.165) is 0 Å². The topological polar surface area (TPSA) is 24.7 Å². The van der Waals surface area contributed by atoms with Gasteiger partial charge in [-0.1, -0.05) is 30.3 Å². The standard InChI is InChI=1S/C10H12N2/c1-11-12-10-7-9(10)8-5-3-2-4-6-8/h2-6,9-10H,7H2,1H3/t9-,10-/m1/s1. The summed E-state index contributed by atoms with van der Waals surface area (Å²) in [6, 6.07) is 11.0. The van der Waals surface area contributed by atoms with Crippen LogP contribution in [0.5, 0.6) is 0 Å². The second-order valence-corrected chi connectivity index (χ2v) is 3.14. The maximum Gasteiger partial charge on any atom is 0.0783 e. The molecule has 0 unspecified atom stereocenters. The van der Waals surface area contributed by atoms with Crippen LogP contribution in [0.15, 0.2) is 40.6 Å². The van der Waals surface area contributed by atoms with E-state index in [9.17, 15) is 0 Å². The molecule has 0 heterocycles. The summed E-state index contributed by atoms with van der Waals surface area (Å²) in [5.74, 6) is 0.634. The lowest BCUT2D eigenvalue weighted by molar-refractivity contribution is 0.892. The van der Waals surface area contributed by atoms with Crippen LogP contribution in [0.1, 0.15) is 17.9 Å². The highest BCUT2D eigenvalue weighted by atomic mass is 15.1. The van der Waals surface area contributed by atoms with Gasteiger partial charge in [0.05, 0.1) is 6.04 Å². The summed E-state index contributed by atoms with van der Waals surface area (Å²) < 4.78 is 0. The second-order valence-electron chi connectivity index (χ2n) is 3.14. The van der Waals surface area contributed by atoms with Gasteiger partial charge >= 0.3 is 0 Å². The van der Waals surface area contributed by atoms with Gasteiger partial charge in [-0.05, 0) is 12.0 Å². The lowest BCUT2D eigenvalue weighted by atomic mass is 10.1. The van der Waals surface area contributed by atoms with Crippen LogP contribution in [0.2, 0.25) is 0 Å². The first-order valence-corrected chi connectivity index (χ1v) is 4.25. The Morgan fingerprint density at radius 2 is 2.00 bits per heavy atom. The number of hydrogen-bond donors (Lipinski definition) is 0. The largest absolute Gasteiger partial charge is 0.197 e. The Morgan fingerprint density at radius 3 is 2.67 bits per heavy atom. The van der Waals surface area contributed by atoms with Gasteiger partial charge in [0.15, 0.2) is 0 Å². The molecule has 2 nitrogen and oxygen atoms in total. The Balaban J connectivity index is 2.06. The summed E-state index contributed by atoms with van der Waals surface area (Å²) in [5.41, 5.74) is 1.40. The number of nitrogens with zero attached hydrogens (tertiary/aromatic N) is 2. The third-order valence-corrected chi connectivity index (χ3v) is 2.25. The minimum absolute atomic E-state index is 0.456. The molecule has 0 bridgehead atoms. The van der Waals surface area contributed by atoms with E-state index in [2.05, 4.69) is 34.5 Å². The Morgan fingerprint density at radius 1 is 1.25 bits per heavy atom. The summed E-state index contributed by atoms with van der Waals surface area (Å²) in [5, 5.41) is 7.92. The summed E-state index contributed by atoms with van der Waals surface area (Å²) in [6.07, 6.45) is 1.17. The zero-order chi connectivity index (χ0) is 8.39. The average molecular weight is 160 g/mol. The van der Waals surface area contributed by atoms with Gasteiger partial charge in [-0.2, -0.15) is 10.2 Å². The summed E-state index contributed by atoms with van der Waals surface area (Å²) in [7, 11) is 1.74. The monoisotopic (exact) mass is 160 g/mol. The molecule has 1 saturated carbocycles. The van der Waals surface area contributed by atoms with Crippen LogP contribution in [-0.2, 0) is 0 Å². The first-order valence-electron chi connectivity index (χ1n) is 4.25. The van der Waals surface area contributed by atoms with Crippen molar-refractivity contribution in [2.24, 2.45) is 10.2 Å². The van der Waals surface area contributed by atoms with Gasteiger partial charge in [-0.3, -0.25) is 0 Å². The van der Waals surface area contributed by atoms with Gasteiger partial charge in [0, 0.05) is 13.0 Å². The first-order chi connectivity index (χ1) is 5.92. The van der Waals surface area contributed by atoms with Crippen LogP contribution in [0.25, 0.3) is 0 Å². The van der Waals surface area contributed by atoms with E-state index in [1.54, 1.807) is 7.05 Å². The highest BCUT2D eigenvalue weighted by Crippen LogP contribution is 2.43. The molecule has 12 heavy (non-hydrogen) atoms. The molecule has 0 aromatic heterocycles. The normalized spacial score (nSPS) is 27.8. The van der Waals surface area contributed by atoms with Crippen molar-refractivity contribution < 1.29 is 0 Å². The zero-order valence-corrected chi connectivity index (χ0v) is 7.14. The fraction of sp³-hybridized carbons (Fsp3) is 0.400. The van der Waals surface area contributed by atoms with Crippen LogP contribution in [0.3, 0.4) is 0 Å². The van der Waals surface area contributed by atoms with Gasteiger partial charge in [-0.15, -0.1) is 0 Å². The molecule has 1 aliphatic rings. The molecule has 2 atom stereocenters. The second kappa shape index (κ2) is 3.05. The molecule has 1 aromatic carbocycles. The van der Waals surface area contributed by atoms with Crippen molar-refractivity contribution in [2.45, 2.75) is 18.4 Å². The molecule has 0 N–H and O–H groups in total. The predicted molar refractivity (Wildman–Crippen MR) is 48.4 cm³/mol. The van der Waals surface area contributed by atoms with E-state index in [0.29, 0.717) is 12.0 Å². The van der Waals surface area contributed by atoms with Crippen molar-refractivity contribution in [3.05, 3.63) is 35.9 Å². The molecule has 2 heteroatoms. The fourth-order valence-electron chi connectivity index (χ4n) is 1.52. The minimum atomic E-state index is 0.456. The van der Waals surface area contributed by atoms with Crippen molar-refractivity contribution >= 4 is 0 Å². The van der Waals surface area contributed by atoms with Crippen LogP contribution in [0, 0.1) is 0 Å². The van der Waals surface area contributed by atoms with Crippen molar-refractivity contribution in [1.29, 1.82) is 0 Å². The molecule has 1 aliphatic carbocycles. The molecule has 1 aromatic rings. The quantitative estimate of drug-likeness (QED) is 0.594. The molecular formula is C10H12N2. The Kier molecular flexibility index (Phi) is 1.90. The molecule has 0 aliphatic heterocycles. The van der Waals surface area contributed by atoms with E-state index < -0.39 is 0 Å². The van der Waals surface area contributed by atoms with E-state index in [4.69, 9.17) is 0 Å². The van der Waals surface area contributed by atoms with Gasteiger partial charge in [0.2, 0.25) is 0 Å². The summed E-state index contributed by atoms with van der Waals surface area (Å²) in [6.45, 7) is 0. The Hall–Kier alpha value is -1.18. The third kappa shape index (κ3) is 1.37. The molecule has 0 spiro atoms. The number of hydrogen-bond acceptors (Lipinski definition) is 2. The van der Waals surface area contributed by atoms with E-state index in [-0.39, 0.29) is 0 Å². The van der Waals surface area contributed by atoms with Crippen molar-refractivity contribution in [1.82, 2.24) is 0 Å². The van der Waals surface area contributed by atoms with Crippen molar-refractivity contribution in [3.63, 3.8) is 0 Å². The molecule has 0 amide bonds. The summed E-state index contributed by atoms with van der Waals surface area (Å²) >= 11 is 0. The lowest BCUT2D eigenvalue weighted by Gasteiger charge is -1.94. The lowest BCUT2D eigenvalue weighted by Crippen LogP contribution is -1.82. The van der Waals surface area contributed by atoms with Crippen LogP contribution >= 0.6 is 0 Å². The SMILES string of the molecule is CN=N[C@@H]1C[C@@H]1c1ccccc1. The highest BCUT2D eigenvalue weighted by Gasteiger charge is 2.38. The molecule has 0 saturated heterocycles.